The normalized spacial score (nSPS) is 19.6. The Kier molecular flexibility index (Phi) is 4.66. The standard InChI is InChI=1S/C14H20ClN3O/c1-10-4-6-18(9-10)7-5-14(19)17-11-2-3-12(15)13(16)8-11/h2-3,8,10H,4-7,9,16H2,1H3,(H,17,19). The molecule has 0 bridgehead atoms. The lowest BCUT2D eigenvalue weighted by Crippen LogP contribution is -2.25. The molecule has 1 aliphatic rings. The molecule has 19 heavy (non-hydrogen) atoms. The topological polar surface area (TPSA) is 58.4 Å². The van der Waals surface area contributed by atoms with Crippen LogP contribution < -0.4 is 11.1 Å². The number of hydrogen-bond donors (Lipinski definition) is 2. The van der Waals surface area contributed by atoms with Gasteiger partial charge < -0.3 is 16.0 Å². The summed E-state index contributed by atoms with van der Waals surface area (Å²) in [7, 11) is 0. The Bertz CT molecular complexity index is 464. The van der Waals surface area contributed by atoms with Gasteiger partial charge >= 0.3 is 0 Å². The van der Waals surface area contributed by atoms with Crippen LogP contribution in [-0.4, -0.2) is 30.4 Å². The Morgan fingerprint density at radius 2 is 2.37 bits per heavy atom. The number of benzene rings is 1. The average Bonchev–Trinajstić information content (AvgIpc) is 2.77. The van der Waals surface area contributed by atoms with Crippen molar-refractivity contribution in [2.24, 2.45) is 5.92 Å². The monoisotopic (exact) mass is 281 g/mol. The minimum absolute atomic E-state index is 0.0151. The maximum atomic E-state index is 11.8. The zero-order valence-electron chi connectivity index (χ0n) is 11.2. The van der Waals surface area contributed by atoms with Crippen molar-refractivity contribution in [2.75, 3.05) is 30.7 Å². The molecule has 0 saturated carbocycles. The summed E-state index contributed by atoms with van der Waals surface area (Å²) in [6.45, 7) is 5.26. The molecule has 1 amide bonds. The Balaban J connectivity index is 1.79. The molecule has 5 heteroatoms. The number of hydrogen-bond acceptors (Lipinski definition) is 3. The maximum absolute atomic E-state index is 11.8. The second-order valence-corrected chi connectivity index (χ2v) is 5.64. The Labute approximate surface area is 118 Å². The number of amides is 1. The lowest BCUT2D eigenvalue weighted by Gasteiger charge is -2.14. The number of nitrogens with one attached hydrogen (secondary N) is 1. The molecule has 0 spiro atoms. The largest absolute Gasteiger partial charge is 0.397 e. The van der Waals surface area contributed by atoms with E-state index in [0.29, 0.717) is 22.8 Å². The molecule has 3 N–H and O–H groups in total. The van der Waals surface area contributed by atoms with Gasteiger partial charge in [0.2, 0.25) is 5.91 Å². The highest BCUT2D eigenvalue weighted by Gasteiger charge is 2.18. The molecule has 0 aromatic heterocycles. The van der Waals surface area contributed by atoms with E-state index in [0.717, 1.165) is 25.6 Å². The minimum atomic E-state index is 0.0151. The highest BCUT2D eigenvalue weighted by atomic mass is 35.5. The number of anilines is 2. The summed E-state index contributed by atoms with van der Waals surface area (Å²) in [6, 6.07) is 5.13. The molecule has 1 aromatic rings. The van der Waals surface area contributed by atoms with Gasteiger partial charge in [-0.15, -0.1) is 0 Å². The first-order valence-electron chi connectivity index (χ1n) is 6.62. The number of carbonyl (C=O) groups is 1. The van der Waals surface area contributed by atoms with Crippen LogP contribution in [-0.2, 0) is 4.79 Å². The number of nitrogens with two attached hydrogens (primary N) is 1. The highest BCUT2D eigenvalue weighted by molar-refractivity contribution is 6.33. The number of nitrogens with zero attached hydrogens (tertiary/aromatic N) is 1. The summed E-state index contributed by atoms with van der Waals surface area (Å²) in [6.07, 6.45) is 1.74. The number of nitrogen functional groups attached to an aromatic ring is 1. The second kappa shape index (κ2) is 6.26. The molecule has 1 aromatic carbocycles. The van der Waals surface area contributed by atoms with Crippen molar-refractivity contribution in [3.8, 4) is 0 Å². The first-order valence-corrected chi connectivity index (χ1v) is 6.99. The second-order valence-electron chi connectivity index (χ2n) is 5.23. The summed E-state index contributed by atoms with van der Waals surface area (Å²) in [5, 5.41) is 3.34. The van der Waals surface area contributed by atoms with Gasteiger partial charge in [0.15, 0.2) is 0 Å². The van der Waals surface area contributed by atoms with E-state index in [-0.39, 0.29) is 5.91 Å². The number of rotatable bonds is 4. The van der Waals surface area contributed by atoms with Crippen molar-refractivity contribution in [2.45, 2.75) is 19.8 Å². The van der Waals surface area contributed by atoms with Crippen LogP contribution in [0.4, 0.5) is 11.4 Å². The van der Waals surface area contributed by atoms with Gasteiger partial charge in [-0.25, -0.2) is 0 Å². The molecule has 104 valence electrons. The molecular weight excluding hydrogens is 262 g/mol. The lowest BCUT2D eigenvalue weighted by atomic mass is 10.2. The van der Waals surface area contributed by atoms with Crippen molar-refractivity contribution in [1.29, 1.82) is 0 Å². The molecule has 1 heterocycles. The Morgan fingerprint density at radius 1 is 1.58 bits per heavy atom. The molecule has 1 fully saturated rings. The fourth-order valence-electron chi connectivity index (χ4n) is 2.33. The van der Waals surface area contributed by atoms with Gasteiger partial charge in [-0.1, -0.05) is 18.5 Å². The summed E-state index contributed by atoms with van der Waals surface area (Å²) in [5.41, 5.74) is 6.87. The van der Waals surface area contributed by atoms with Gasteiger partial charge in [0.25, 0.3) is 0 Å². The van der Waals surface area contributed by atoms with E-state index in [1.165, 1.54) is 6.42 Å². The minimum Gasteiger partial charge on any atom is -0.397 e. The molecule has 1 atom stereocenters. The first kappa shape index (κ1) is 14.2. The van der Waals surface area contributed by atoms with Crippen LogP contribution in [0.2, 0.25) is 5.02 Å². The van der Waals surface area contributed by atoms with E-state index in [2.05, 4.69) is 17.1 Å². The van der Waals surface area contributed by atoms with Crippen molar-refractivity contribution >= 4 is 28.9 Å². The lowest BCUT2D eigenvalue weighted by molar-refractivity contribution is -0.116. The van der Waals surface area contributed by atoms with Gasteiger partial charge in [0, 0.05) is 25.2 Å². The molecule has 1 unspecified atom stereocenters. The van der Waals surface area contributed by atoms with Gasteiger partial charge in [0.1, 0.15) is 0 Å². The van der Waals surface area contributed by atoms with Gasteiger partial charge in [-0.2, -0.15) is 0 Å². The van der Waals surface area contributed by atoms with E-state index < -0.39 is 0 Å². The predicted octanol–water partition coefficient (Wildman–Crippen LogP) is 2.59. The number of carbonyl (C=O) groups excluding carboxylic acids is 1. The number of likely N-dealkylation sites (tertiary alicyclic amines) is 1. The van der Waals surface area contributed by atoms with Crippen LogP contribution in [0.1, 0.15) is 19.8 Å². The van der Waals surface area contributed by atoms with Crippen LogP contribution in [0.3, 0.4) is 0 Å². The summed E-state index contributed by atoms with van der Waals surface area (Å²) in [5.74, 6) is 0.764. The van der Waals surface area contributed by atoms with Gasteiger partial charge in [-0.3, -0.25) is 4.79 Å². The molecular formula is C14H20ClN3O. The first-order chi connectivity index (χ1) is 9.04. The van der Waals surface area contributed by atoms with Crippen LogP contribution in [0.15, 0.2) is 18.2 Å². The molecule has 1 saturated heterocycles. The third-order valence-electron chi connectivity index (χ3n) is 3.44. The molecule has 4 nitrogen and oxygen atoms in total. The summed E-state index contributed by atoms with van der Waals surface area (Å²) >= 11 is 5.83. The van der Waals surface area contributed by atoms with E-state index in [4.69, 9.17) is 17.3 Å². The predicted molar refractivity (Wildman–Crippen MR) is 79.3 cm³/mol. The SMILES string of the molecule is CC1CCN(CCC(=O)Nc2ccc(Cl)c(N)c2)C1. The zero-order valence-corrected chi connectivity index (χ0v) is 11.9. The third-order valence-corrected chi connectivity index (χ3v) is 3.79. The fourth-order valence-corrected chi connectivity index (χ4v) is 2.45. The van der Waals surface area contributed by atoms with Crippen molar-refractivity contribution in [3.63, 3.8) is 0 Å². The molecule has 1 aliphatic heterocycles. The highest BCUT2D eigenvalue weighted by Crippen LogP contribution is 2.22. The average molecular weight is 282 g/mol. The maximum Gasteiger partial charge on any atom is 0.225 e. The van der Waals surface area contributed by atoms with Crippen LogP contribution >= 0.6 is 11.6 Å². The van der Waals surface area contributed by atoms with E-state index in [9.17, 15) is 4.79 Å². The van der Waals surface area contributed by atoms with Crippen LogP contribution in [0, 0.1) is 5.92 Å². The van der Waals surface area contributed by atoms with Crippen LogP contribution in [0.25, 0.3) is 0 Å². The number of halogens is 1. The quantitative estimate of drug-likeness (QED) is 0.834. The third kappa shape index (κ3) is 4.11. The van der Waals surface area contributed by atoms with Gasteiger partial charge in [0.05, 0.1) is 10.7 Å². The molecule has 2 rings (SSSR count). The van der Waals surface area contributed by atoms with Crippen molar-refractivity contribution in [1.82, 2.24) is 4.90 Å². The van der Waals surface area contributed by atoms with Crippen LogP contribution in [0.5, 0.6) is 0 Å². The Hall–Kier alpha value is -1.26. The van der Waals surface area contributed by atoms with Gasteiger partial charge in [-0.05, 0) is 37.1 Å². The van der Waals surface area contributed by atoms with Crippen molar-refractivity contribution < 1.29 is 4.79 Å². The van der Waals surface area contributed by atoms with Crippen molar-refractivity contribution in [3.05, 3.63) is 23.2 Å². The smallest absolute Gasteiger partial charge is 0.225 e. The summed E-state index contributed by atoms with van der Waals surface area (Å²) in [4.78, 5) is 14.2. The van der Waals surface area contributed by atoms with E-state index in [1.807, 2.05) is 0 Å². The Morgan fingerprint density at radius 3 is 3.00 bits per heavy atom. The van der Waals surface area contributed by atoms with E-state index in [1.54, 1.807) is 18.2 Å². The van der Waals surface area contributed by atoms with E-state index >= 15 is 0 Å². The fraction of sp³-hybridized carbons (Fsp3) is 0.500. The molecule has 0 aliphatic carbocycles. The molecule has 0 radical (unpaired) electrons. The summed E-state index contributed by atoms with van der Waals surface area (Å²) < 4.78 is 0. The zero-order chi connectivity index (χ0) is 13.8.